The van der Waals surface area contributed by atoms with Crippen molar-refractivity contribution in [1.29, 1.82) is 0 Å². The summed E-state index contributed by atoms with van der Waals surface area (Å²) in [7, 11) is 0. The summed E-state index contributed by atoms with van der Waals surface area (Å²) in [6, 6.07) is 0. The SMILES string of the molecule is FC(I)C(I)C(F)(F)F. The van der Waals surface area contributed by atoms with Crippen LogP contribution in [0.4, 0.5) is 17.6 Å². The summed E-state index contributed by atoms with van der Waals surface area (Å²) in [5.41, 5.74) is 0. The zero-order valence-electron chi connectivity index (χ0n) is 3.92. The topological polar surface area (TPSA) is 0 Å². The quantitative estimate of drug-likeness (QED) is 0.379. The first-order valence-electron chi connectivity index (χ1n) is 1.84. The summed E-state index contributed by atoms with van der Waals surface area (Å²) < 4.78 is 42.4. The first-order chi connectivity index (χ1) is 3.85. The van der Waals surface area contributed by atoms with Crippen molar-refractivity contribution in [2.75, 3.05) is 0 Å². The normalized spacial score (nSPS) is 19.3. The maximum Gasteiger partial charge on any atom is 0.404 e. The molecule has 0 saturated heterocycles. The summed E-state index contributed by atoms with van der Waals surface area (Å²) >= 11 is 2.13. The van der Waals surface area contributed by atoms with Crippen molar-refractivity contribution in [3.63, 3.8) is 0 Å². The molecule has 0 aromatic heterocycles. The van der Waals surface area contributed by atoms with Gasteiger partial charge < -0.3 is 0 Å². The van der Waals surface area contributed by atoms with Gasteiger partial charge in [0.1, 0.15) is 3.92 Å². The highest BCUT2D eigenvalue weighted by molar-refractivity contribution is 14.1. The van der Waals surface area contributed by atoms with Gasteiger partial charge in [-0.15, -0.1) is 0 Å². The van der Waals surface area contributed by atoms with Crippen molar-refractivity contribution in [2.45, 2.75) is 14.3 Å². The van der Waals surface area contributed by atoms with E-state index in [2.05, 4.69) is 0 Å². The van der Waals surface area contributed by atoms with E-state index >= 15 is 0 Å². The molecule has 0 aliphatic rings. The molecular formula is C3H2F4I2. The lowest BCUT2D eigenvalue weighted by atomic mass is 10.5. The van der Waals surface area contributed by atoms with E-state index in [0.29, 0.717) is 0 Å². The lowest BCUT2D eigenvalue weighted by Gasteiger charge is -2.12. The van der Waals surface area contributed by atoms with Crippen LogP contribution < -0.4 is 0 Å². The van der Waals surface area contributed by atoms with Crippen LogP contribution in [-0.2, 0) is 0 Å². The van der Waals surface area contributed by atoms with E-state index in [1.54, 1.807) is 0 Å². The maximum absolute atomic E-state index is 11.9. The number of halogens is 6. The largest absolute Gasteiger partial charge is 0.404 e. The van der Waals surface area contributed by atoms with Crippen molar-refractivity contribution in [1.82, 2.24) is 0 Å². The van der Waals surface area contributed by atoms with Crippen LogP contribution in [0, 0.1) is 0 Å². The van der Waals surface area contributed by atoms with Crippen LogP contribution >= 0.6 is 45.2 Å². The Bertz CT molecular complexity index is 88.3. The monoisotopic (exact) mass is 368 g/mol. The minimum Gasteiger partial charge on any atom is -0.234 e. The van der Waals surface area contributed by atoms with Crippen LogP contribution in [-0.4, -0.2) is 14.3 Å². The minimum atomic E-state index is -4.42. The van der Waals surface area contributed by atoms with E-state index in [1.165, 1.54) is 0 Å². The molecule has 9 heavy (non-hydrogen) atoms. The lowest BCUT2D eigenvalue weighted by molar-refractivity contribution is -0.128. The van der Waals surface area contributed by atoms with Gasteiger partial charge in [0.15, 0.2) is 4.18 Å². The third kappa shape index (κ3) is 3.79. The van der Waals surface area contributed by atoms with Crippen molar-refractivity contribution >= 4 is 45.2 Å². The fourth-order valence-electron chi connectivity index (χ4n) is 0.143. The smallest absolute Gasteiger partial charge is 0.234 e. The Labute approximate surface area is 76.7 Å². The average molecular weight is 368 g/mol. The van der Waals surface area contributed by atoms with Gasteiger partial charge in [-0.3, -0.25) is 0 Å². The molecule has 0 aliphatic carbocycles. The van der Waals surface area contributed by atoms with E-state index in [1.807, 2.05) is 0 Å². The lowest BCUT2D eigenvalue weighted by Crippen LogP contribution is -2.28. The zero-order chi connectivity index (χ0) is 7.65. The second-order valence-electron chi connectivity index (χ2n) is 1.28. The van der Waals surface area contributed by atoms with Gasteiger partial charge in [-0.1, -0.05) is 22.6 Å². The van der Waals surface area contributed by atoms with Gasteiger partial charge in [-0.05, 0) is 22.6 Å². The molecule has 0 aromatic carbocycles. The highest BCUT2D eigenvalue weighted by Crippen LogP contribution is 2.32. The van der Waals surface area contributed by atoms with E-state index < -0.39 is 14.3 Å². The van der Waals surface area contributed by atoms with Crippen LogP contribution in [0.15, 0.2) is 0 Å². The van der Waals surface area contributed by atoms with Crippen LogP contribution in [0.5, 0.6) is 0 Å². The number of hydrogen-bond acceptors (Lipinski definition) is 0. The van der Waals surface area contributed by atoms with Crippen LogP contribution in [0.1, 0.15) is 0 Å². The molecule has 0 fully saturated rings. The second kappa shape index (κ2) is 3.54. The third-order valence-corrected chi connectivity index (χ3v) is 3.97. The van der Waals surface area contributed by atoms with Crippen LogP contribution in [0.25, 0.3) is 0 Å². The molecule has 0 radical (unpaired) electrons. The van der Waals surface area contributed by atoms with Crippen molar-refractivity contribution in [3.05, 3.63) is 0 Å². The molecule has 56 valence electrons. The minimum absolute atomic E-state index is 1.03. The predicted octanol–water partition coefficient (Wildman–Crippen LogP) is 3.08. The van der Waals surface area contributed by atoms with Crippen molar-refractivity contribution < 1.29 is 17.6 Å². The molecule has 0 bridgehead atoms. The van der Waals surface area contributed by atoms with Crippen LogP contribution in [0.3, 0.4) is 0 Å². The van der Waals surface area contributed by atoms with Gasteiger partial charge in [0.2, 0.25) is 0 Å². The molecular weight excluding hydrogens is 366 g/mol. The first kappa shape index (κ1) is 10.2. The number of alkyl halides is 6. The van der Waals surface area contributed by atoms with E-state index in [-0.39, 0.29) is 0 Å². The van der Waals surface area contributed by atoms with E-state index in [0.717, 1.165) is 45.2 Å². The summed E-state index contributed by atoms with van der Waals surface area (Å²) in [5, 5.41) is 0. The van der Waals surface area contributed by atoms with Crippen LogP contribution in [0.2, 0.25) is 0 Å². The molecule has 0 saturated carbocycles. The number of rotatable bonds is 1. The Morgan fingerprint density at radius 2 is 1.44 bits per heavy atom. The fourth-order valence-corrected chi connectivity index (χ4v) is 0.551. The van der Waals surface area contributed by atoms with Gasteiger partial charge in [0.05, 0.1) is 0 Å². The molecule has 2 unspecified atom stereocenters. The summed E-state index contributed by atoms with van der Waals surface area (Å²) in [4.78, 5) is 0. The molecule has 0 aliphatic heterocycles. The molecule has 0 spiro atoms. The van der Waals surface area contributed by atoms with Crippen molar-refractivity contribution in [2.24, 2.45) is 0 Å². The highest BCUT2D eigenvalue weighted by atomic mass is 127. The predicted molar refractivity (Wildman–Crippen MR) is 42.8 cm³/mol. The molecule has 6 heteroatoms. The number of hydrogen-bond donors (Lipinski definition) is 0. The van der Waals surface area contributed by atoms with Gasteiger partial charge in [0, 0.05) is 0 Å². The Balaban J connectivity index is 3.88. The Hall–Kier alpha value is 1.18. The Kier molecular flexibility index (Phi) is 4.00. The molecule has 0 heterocycles. The molecule has 0 nitrogen and oxygen atoms in total. The molecule has 0 N–H and O–H groups in total. The standard InChI is InChI=1S/C3H2F4I2/c4-2(9)1(8)3(5,6)7/h1-2H. The van der Waals surface area contributed by atoms with E-state index in [9.17, 15) is 17.6 Å². The fraction of sp³-hybridized carbons (Fsp3) is 1.00. The van der Waals surface area contributed by atoms with Gasteiger partial charge in [-0.2, -0.15) is 13.2 Å². The second-order valence-corrected chi connectivity index (χ2v) is 3.81. The Morgan fingerprint density at radius 1 is 1.11 bits per heavy atom. The first-order valence-corrected chi connectivity index (χ1v) is 4.33. The maximum atomic E-state index is 11.9. The molecule has 0 amide bonds. The average Bonchev–Trinajstić information content (AvgIpc) is 1.62. The van der Waals surface area contributed by atoms with E-state index in [4.69, 9.17) is 0 Å². The molecule has 0 aromatic rings. The Morgan fingerprint density at radius 3 is 1.44 bits per heavy atom. The highest BCUT2D eigenvalue weighted by Gasteiger charge is 2.42. The molecule has 2 atom stereocenters. The third-order valence-electron chi connectivity index (χ3n) is 0.534. The van der Waals surface area contributed by atoms with Gasteiger partial charge in [0.25, 0.3) is 0 Å². The zero-order valence-corrected chi connectivity index (χ0v) is 8.24. The molecule has 0 rings (SSSR count). The van der Waals surface area contributed by atoms with Gasteiger partial charge >= 0.3 is 6.18 Å². The summed E-state index contributed by atoms with van der Waals surface area (Å²) in [6.07, 6.45) is -4.42. The summed E-state index contributed by atoms with van der Waals surface area (Å²) in [5.74, 6) is 0. The summed E-state index contributed by atoms with van der Waals surface area (Å²) in [6.45, 7) is 0. The van der Waals surface area contributed by atoms with Crippen molar-refractivity contribution in [3.8, 4) is 0 Å². The van der Waals surface area contributed by atoms with Gasteiger partial charge in [-0.25, -0.2) is 4.39 Å².